The number of hydrogen-bond donors (Lipinski definition) is 1. The van der Waals surface area contributed by atoms with Gasteiger partial charge in [0.1, 0.15) is 0 Å². The van der Waals surface area contributed by atoms with E-state index in [0.717, 1.165) is 12.0 Å². The number of rotatable bonds is 4. The Bertz CT molecular complexity index is 316. The standard InChI is InChI=1S/C12H20ClN3/c1-9-7-14-11(15-8-9)16-10(5-6-13)12(2,3)4/h7-8,10H,5-6H2,1-4H3,(H,14,15,16). The van der Waals surface area contributed by atoms with E-state index in [1.165, 1.54) is 0 Å². The fraction of sp³-hybridized carbons (Fsp3) is 0.667. The molecule has 1 unspecified atom stereocenters. The third-order valence-electron chi connectivity index (χ3n) is 2.53. The highest BCUT2D eigenvalue weighted by Gasteiger charge is 2.24. The maximum Gasteiger partial charge on any atom is 0.222 e. The van der Waals surface area contributed by atoms with Crippen molar-refractivity contribution >= 4 is 17.5 Å². The van der Waals surface area contributed by atoms with Crippen molar-refractivity contribution in [3.63, 3.8) is 0 Å². The molecule has 0 amide bonds. The van der Waals surface area contributed by atoms with E-state index in [-0.39, 0.29) is 11.5 Å². The predicted molar refractivity (Wildman–Crippen MR) is 69.0 cm³/mol. The third kappa shape index (κ3) is 3.97. The molecule has 4 heteroatoms. The van der Waals surface area contributed by atoms with Crippen LogP contribution in [0.1, 0.15) is 32.8 Å². The van der Waals surface area contributed by atoms with Crippen LogP contribution < -0.4 is 5.32 Å². The topological polar surface area (TPSA) is 37.8 Å². The van der Waals surface area contributed by atoms with Crippen LogP contribution in [0.5, 0.6) is 0 Å². The van der Waals surface area contributed by atoms with Crippen LogP contribution in [-0.2, 0) is 0 Å². The van der Waals surface area contributed by atoms with Gasteiger partial charge in [-0.2, -0.15) is 0 Å². The summed E-state index contributed by atoms with van der Waals surface area (Å²) in [6, 6.07) is 0.285. The number of alkyl halides is 1. The highest BCUT2D eigenvalue weighted by molar-refractivity contribution is 6.17. The number of halogens is 1. The predicted octanol–water partition coefficient (Wildman–Crippen LogP) is 3.24. The fourth-order valence-corrected chi connectivity index (χ4v) is 1.67. The van der Waals surface area contributed by atoms with Gasteiger partial charge < -0.3 is 5.32 Å². The van der Waals surface area contributed by atoms with Crippen molar-refractivity contribution in [1.82, 2.24) is 9.97 Å². The molecule has 0 aromatic carbocycles. The molecule has 1 heterocycles. The van der Waals surface area contributed by atoms with E-state index >= 15 is 0 Å². The first-order valence-electron chi connectivity index (χ1n) is 5.54. The van der Waals surface area contributed by atoms with E-state index in [9.17, 15) is 0 Å². The van der Waals surface area contributed by atoms with Gasteiger partial charge in [0.15, 0.2) is 0 Å². The molecular formula is C12H20ClN3. The highest BCUT2D eigenvalue weighted by Crippen LogP contribution is 2.24. The molecule has 0 bridgehead atoms. The summed E-state index contributed by atoms with van der Waals surface area (Å²) >= 11 is 5.81. The van der Waals surface area contributed by atoms with Gasteiger partial charge in [0.25, 0.3) is 0 Å². The Balaban J connectivity index is 2.72. The molecule has 1 aromatic heterocycles. The molecular weight excluding hydrogens is 222 g/mol. The van der Waals surface area contributed by atoms with Crippen molar-refractivity contribution in [2.75, 3.05) is 11.2 Å². The largest absolute Gasteiger partial charge is 0.351 e. The summed E-state index contributed by atoms with van der Waals surface area (Å²) in [7, 11) is 0. The van der Waals surface area contributed by atoms with Crippen molar-refractivity contribution in [2.24, 2.45) is 5.41 Å². The Labute approximate surface area is 103 Å². The lowest BCUT2D eigenvalue weighted by Gasteiger charge is -2.31. The average Bonchev–Trinajstić information content (AvgIpc) is 2.19. The molecule has 0 aliphatic carbocycles. The Kier molecular flexibility index (Phi) is 4.54. The van der Waals surface area contributed by atoms with E-state index in [1.54, 1.807) is 0 Å². The molecule has 16 heavy (non-hydrogen) atoms. The van der Waals surface area contributed by atoms with Crippen molar-refractivity contribution in [1.29, 1.82) is 0 Å². The molecule has 0 saturated heterocycles. The van der Waals surface area contributed by atoms with Crippen LogP contribution in [0.4, 0.5) is 5.95 Å². The summed E-state index contributed by atoms with van der Waals surface area (Å²) in [5.41, 5.74) is 1.21. The zero-order chi connectivity index (χ0) is 12.2. The van der Waals surface area contributed by atoms with E-state index in [4.69, 9.17) is 11.6 Å². The Hall–Kier alpha value is -0.830. The number of anilines is 1. The van der Waals surface area contributed by atoms with Gasteiger partial charge in [-0.25, -0.2) is 9.97 Å². The van der Waals surface area contributed by atoms with Gasteiger partial charge in [0.05, 0.1) is 0 Å². The molecule has 90 valence electrons. The average molecular weight is 242 g/mol. The van der Waals surface area contributed by atoms with Crippen LogP contribution >= 0.6 is 11.6 Å². The minimum Gasteiger partial charge on any atom is -0.351 e. The Morgan fingerprint density at radius 1 is 1.31 bits per heavy atom. The van der Waals surface area contributed by atoms with E-state index in [0.29, 0.717) is 11.8 Å². The molecule has 1 N–H and O–H groups in total. The van der Waals surface area contributed by atoms with Gasteiger partial charge in [-0.3, -0.25) is 0 Å². The molecule has 0 spiro atoms. The van der Waals surface area contributed by atoms with Gasteiger partial charge >= 0.3 is 0 Å². The quantitative estimate of drug-likeness (QED) is 0.823. The summed E-state index contributed by atoms with van der Waals surface area (Å²) in [6.45, 7) is 8.53. The summed E-state index contributed by atoms with van der Waals surface area (Å²) in [5, 5.41) is 3.34. The molecule has 0 fully saturated rings. The second-order valence-electron chi connectivity index (χ2n) is 5.12. The first-order valence-corrected chi connectivity index (χ1v) is 6.08. The number of hydrogen-bond acceptors (Lipinski definition) is 3. The first-order chi connectivity index (χ1) is 7.43. The fourth-order valence-electron chi connectivity index (χ4n) is 1.45. The van der Waals surface area contributed by atoms with E-state index < -0.39 is 0 Å². The second kappa shape index (κ2) is 5.48. The van der Waals surface area contributed by atoms with Crippen molar-refractivity contribution in [3.8, 4) is 0 Å². The van der Waals surface area contributed by atoms with Crippen LogP contribution in [0.2, 0.25) is 0 Å². The SMILES string of the molecule is Cc1cnc(NC(CCCl)C(C)(C)C)nc1. The van der Waals surface area contributed by atoms with Gasteiger partial charge in [0.2, 0.25) is 5.95 Å². The molecule has 1 rings (SSSR count). The van der Waals surface area contributed by atoms with Gasteiger partial charge in [0, 0.05) is 24.3 Å². The lowest BCUT2D eigenvalue weighted by Crippen LogP contribution is -2.35. The zero-order valence-corrected chi connectivity index (χ0v) is 11.2. The monoisotopic (exact) mass is 241 g/mol. The number of nitrogens with zero attached hydrogens (tertiary/aromatic N) is 2. The van der Waals surface area contributed by atoms with Crippen LogP contribution in [0.15, 0.2) is 12.4 Å². The summed E-state index contributed by atoms with van der Waals surface area (Å²) < 4.78 is 0. The molecule has 0 saturated carbocycles. The van der Waals surface area contributed by atoms with Crippen LogP contribution in [0, 0.1) is 12.3 Å². The normalized spacial score (nSPS) is 13.6. The maximum atomic E-state index is 5.81. The lowest BCUT2D eigenvalue weighted by atomic mass is 9.85. The molecule has 0 aliphatic rings. The summed E-state index contributed by atoms with van der Waals surface area (Å²) in [5.74, 6) is 1.32. The molecule has 1 aromatic rings. The minimum atomic E-state index is 0.142. The van der Waals surface area contributed by atoms with E-state index in [1.807, 2.05) is 19.3 Å². The highest BCUT2D eigenvalue weighted by atomic mass is 35.5. The molecule has 3 nitrogen and oxygen atoms in total. The smallest absolute Gasteiger partial charge is 0.222 e. The Morgan fingerprint density at radius 3 is 2.31 bits per heavy atom. The van der Waals surface area contributed by atoms with Crippen molar-refractivity contribution < 1.29 is 0 Å². The molecule has 0 aliphatic heterocycles. The third-order valence-corrected chi connectivity index (χ3v) is 2.75. The number of nitrogens with one attached hydrogen (secondary N) is 1. The molecule has 0 radical (unpaired) electrons. The first kappa shape index (κ1) is 13.2. The van der Waals surface area contributed by atoms with Crippen molar-refractivity contribution in [2.45, 2.75) is 40.2 Å². The van der Waals surface area contributed by atoms with E-state index in [2.05, 4.69) is 36.1 Å². The summed E-state index contributed by atoms with van der Waals surface area (Å²) in [6.07, 6.45) is 4.54. The summed E-state index contributed by atoms with van der Waals surface area (Å²) in [4.78, 5) is 8.50. The number of aromatic nitrogens is 2. The van der Waals surface area contributed by atoms with Crippen LogP contribution in [-0.4, -0.2) is 21.9 Å². The van der Waals surface area contributed by atoms with Crippen LogP contribution in [0.3, 0.4) is 0 Å². The second-order valence-corrected chi connectivity index (χ2v) is 5.50. The van der Waals surface area contributed by atoms with Gasteiger partial charge in [-0.05, 0) is 24.3 Å². The van der Waals surface area contributed by atoms with Crippen LogP contribution in [0.25, 0.3) is 0 Å². The number of aryl methyl sites for hydroxylation is 1. The van der Waals surface area contributed by atoms with Gasteiger partial charge in [-0.1, -0.05) is 20.8 Å². The van der Waals surface area contributed by atoms with Gasteiger partial charge in [-0.15, -0.1) is 11.6 Å². The lowest BCUT2D eigenvalue weighted by molar-refractivity contribution is 0.333. The van der Waals surface area contributed by atoms with Crippen molar-refractivity contribution in [3.05, 3.63) is 18.0 Å². The molecule has 1 atom stereocenters. The Morgan fingerprint density at radius 2 is 1.88 bits per heavy atom. The zero-order valence-electron chi connectivity index (χ0n) is 10.4. The maximum absolute atomic E-state index is 5.81. The minimum absolute atomic E-state index is 0.142.